The number of hydrogen-bond donors (Lipinski definition) is 1. The number of aliphatic imine (C=N–C) groups is 2. The maximum atomic E-state index is 5.90. The second kappa shape index (κ2) is 7.85. The van der Waals surface area contributed by atoms with Gasteiger partial charge in [0.2, 0.25) is 0 Å². The Balaban J connectivity index is 2.18. The van der Waals surface area contributed by atoms with E-state index >= 15 is 0 Å². The molecule has 1 heterocycles. The van der Waals surface area contributed by atoms with Crippen LogP contribution in [-0.4, -0.2) is 18.1 Å². The highest BCUT2D eigenvalue weighted by atomic mass is 35.5. The fourth-order valence-corrected chi connectivity index (χ4v) is 2.04. The molecule has 1 aromatic carbocycles. The predicted octanol–water partition coefficient (Wildman–Crippen LogP) is 4.51. The average Bonchev–Trinajstić information content (AvgIpc) is 2.49. The molecule has 0 aromatic heterocycles. The van der Waals surface area contributed by atoms with Crippen LogP contribution in [0.1, 0.15) is 32.6 Å². The van der Waals surface area contributed by atoms with Crippen LogP contribution in [-0.2, 0) is 0 Å². The van der Waals surface area contributed by atoms with Gasteiger partial charge in [-0.2, -0.15) is 0 Å². The summed E-state index contributed by atoms with van der Waals surface area (Å²) in [4.78, 5) is 9.12. The molecule has 1 aliphatic heterocycles. The van der Waals surface area contributed by atoms with Gasteiger partial charge in [-0.1, -0.05) is 31.0 Å². The predicted molar refractivity (Wildman–Crippen MR) is 87.3 cm³/mol. The molecule has 0 atom stereocenters. The first-order chi connectivity index (χ1) is 9.79. The largest absolute Gasteiger partial charge is 0.369 e. The minimum atomic E-state index is 0.724. The summed E-state index contributed by atoms with van der Waals surface area (Å²) in [5.41, 5.74) is 1.92. The number of benzene rings is 1. The molecule has 0 fully saturated rings. The molecule has 0 saturated carbocycles. The van der Waals surface area contributed by atoms with E-state index in [2.05, 4.69) is 28.3 Å². The first-order valence-electron chi connectivity index (χ1n) is 7.10. The molecule has 1 aromatic rings. The Morgan fingerprint density at radius 3 is 2.80 bits per heavy atom. The molecule has 20 heavy (non-hydrogen) atoms. The maximum absolute atomic E-state index is 5.90. The summed E-state index contributed by atoms with van der Waals surface area (Å²) in [5.74, 6) is 0.880. The zero-order valence-electron chi connectivity index (χ0n) is 11.8. The molecule has 1 aliphatic rings. The summed E-state index contributed by atoms with van der Waals surface area (Å²) in [6.07, 6.45) is 8.18. The second-order valence-corrected chi connectivity index (χ2v) is 5.15. The first-order valence-corrected chi connectivity index (χ1v) is 7.47. The van der Waals surface area contributed by atoms with Crippen molar-refractivity contribution in [2.75, 3.05) is 6.54 Å². The Hall–Kier alpha value is -1.61. The fourth-order valence-electron chi connectivity index (χ4n) is 1.92. The third kappa shape index (κ3) is 4.49. The van der Waals surface area contributed by atoms with Crippen molar-refractivity contribution in [1.29, 1.82) is 0 Å². The number of nitrogens with zero attached hydrogens (tertiary/aromatic N) is 2. The normalized spacial score (nSPS) is 15.1. The number of nitrogens with one attached hydrogen (secondary N) is 1. The van der Waals surface area contributed by atoms with Gasteiger partial charge in [0, 0.05) is 17.8 Å². The third-order valence-corrected chi connectivity index (χ3v) is 3.30. The van der Waals surface area contributed by atoms with Crippen LogP contribution >= 0.6 is 11.6 Å². The molecule has 2 rings (SSSR count). The molecule has 106 valence electrons. The summed E-state index contributed by atoms with van der Waals surface area (Å²) in [5, 5.41) is 4.13. The van der Waals surface area contributed by atoms with E-state index in [-0.39, 0.29) is 0 Å². The van der Waals surface area contributed by atoms with E-state index < -0.39 is 0 Å². The molecule has 0 unspecified atom stereocenters. The number of hydrogen-bond acceptors (Lipinski definition) is 2. The quantitative estimate of drug-likeness (QED) is 0.483. The van der Waals surface area contributed by atoms with Crippen molar-refractivity contribution < 1.29 is 0 Å². The molecular weight excluding hydrogens is 270 g/mol. The second-order valence-electron chi connectivity index (χ2n) is 4.72. The highest BCUT2D eigenvalue weighted by molar-refractivity contribution is 6.42. The monoisotopic (exact) mass is 289 g/mol. The van der Waals surface area contributed by atoms with Crippen LogP contribution in [0.25, 0.3) is 0 Å². The van der Waals surface area contributed by atoms with Crippen LogP contribution in [0.5, 0.6) is 0 Å². The number of allylic oxidation sites excluding steroid dienone is 1. The lowest BCUT2D eigenvalue weighted by atomic mass is 10.1. The minimum absolute atomic E-state index is 0.724. The minimum Gasteiger partial charge on any atom is -0.369 e. The lowest BCUT2D eigenvalue weighted by Crippen LogP contribution is -2.32. The van der Waals surface area contributed by atoms with E-state index in [4.69, 9.17) is 11.6 Å². The smallest absolute Gasteiger partial charge is 0.148 e. The third-order valence-electron chi connectivity index (χ3n) is 3.05. The number of unbranched alkanes of at least 4 members (excludes halogenated alkanes) is 1. The molecular formula is C16H20ClN3. The molecule has 0 aliphatic carbocycles. The Morgan fingerprint density at radius 1 is 1.35 bits per heavy atom. The maximum Gasteiger partial charge on any atom is 0.148 e. The summed E-state index contributed by atoms with van der Waals surface area (Å²) in [6.45, 7) is 3.10. The van der Waals surface area contributed by atoms with Gasteiger partial charge in [-0.15, -0.1) is 0 Å². The number of amidine groups is 1. The standard InChI is InChI=1S/C16H20ClN3/c1-2-3-11-19-16(15-6-4-5-12-18-15)20-14-9-7-13(17)8-10-14/h5,7-10,12H,2-4,6,11H2,1H3,(H,19,20). The lowest BCUT2D eigenvalue weighted by molar-refractivity contribution is 0.756. The van der Waals surface area contributed by atoms with E-state index in [0.717, 1.165) is 54.5 Å². The van der Waals surface area contributed by atoms with Gasteiger partial charge < -0.3 is 5.32 Å². The fraction of sp³-hybridized carbons (Fsp3) is 0.375. The van der Waals surface area contributed by atoms with Gasteiger partial charge in [0.05, 0.1) is 11.4 Å². The van der Waals surface area contributed by atoms with Crippen molar-refractivity contribution in [3.05, 3.63) is 41.6 Å². The molecule has 0 spiro atoms. The molecule has 4 heteroatoms. The first kappa shape index (κ1) is 14.8. The molecule has 1 N–H and O–H groups in total. The van der Waals surface area contributed by atoms with E-state index in [0.29, 0.717) is 0 Å². The molecule has 0 bridgehead atoms. The van der Waals surface area contributed by atoms with Gasteiger partial charge in [0.1, 0.15) is 5.84 Å². The van der Waals surface area contributed by atoms with Crippen molar-refractivity contribution in [1.82, 2.24) is 5.32 Å². The van der Waals surface area contributed by atoms with Crippen molar-refractivity contribution in [3.63, 3.8) is 0 Å². The van der Waals surface area contributed by atoms with Crippen LogP contribution in [0.3, 0.4) is 0 Å². The zero-order chi connectivity index (χ0) is 14.2. The van der Waals surface area contributed by atoms with Gasteiger partial charge in [-0.3, -0.25) is 4.99 Å². The Kier molecular flexibility index (Phi) is 5.81. The summed E-state index contributed by atoms with van der Waals surface area (Å²) in [7, 11) is 0. The van der Waals surface area contributed by atoms with E-state index in [9.17, 15) is 0 Å². The van der Waals surface area contributed by atoms with Crippen LogP contribution in [0, 0.1) is 0 Å². The molecule has 0 radical (unpaired) electrons. The van der Waals surface area contributed by atoms with E-state index in [1.807, 2.05) is 30.5 Å². The average molecular weight is 290 g/mol. The Bertz CT molecular complexity index is 515. The van der Waals surface area contributed by atoms with Gasteiger partial charge >= 0.3 is 0 Å². The topological polar surface area (TPSA) is 36.8 Å². The zero-order valence-corrected chi connectivity index (χ0v) is 12.5. The Labute approximate surface area is 125 Å². The summed E-state index contributed by atoms with van der Waals surface area (Å²) >= 11 is 5.90. The summed E-state index contributed by atoms with van der Waals surface area (Å²) < 4.78 is 0. The molecule has 0 amide bonds. The number of halogens is 1. The molecule has 0 saturated heterocycles. The van der Waals surface area contributed by atoms with Crippen molar-refractivity contribution in [2.45, 2.75) is 32.6 Å². The van der Waals surface area contributed by atoms with Gasteiger partial charge in [-0.05, 0) is 43.5 Å². The van der Waals surface area contributed by atoms with Crippen LogP contribution < -0.4 is 5.32 Å². The highest BCUT2D eigenvalue weighted by Crippen LogP contribution is 2.17. The Morgan fingerprint density at radius 2 is 2.15 bits per heavy atom. The van der Waals surface area contributed by atoms with Gasteiger partial charge in [0.15, 0.2) is 0 Å². The van der Waals surface area contributed by atoms with E-state index in [1.54, 1.807) is 0 Å². The SMILES string of the molecule is CCCCNC(=Nc1ccc(Cl)cc1)C1=NC=CCC1. The van der Waals surface area contributed by atoms with Crippen LogP contribution in [0.2, 0.25) is 5.02 Å². The van der Waals surface area contributed by atoms with Crippen molar-refractivity contribution in [3.8, 4) is 0 Å². The van der Waals surface area contributed by atoms with Crippen LogP contribution in [0.15, 0.2) is 46.5 Å². The summed E-state index contributed by atoms with van der Waals surface area (Å²) in [6, 6.07) is 7.55. The molecule has 3 nitrogen and oxygen atoms in total. The van der Waals surface area contributed by atoms with Crippen LogP contribution in [0.4, 0.5) is 5.69 Å². The highest BCUT2D eigenvalue weighted by Gasteiger charge is 2.10. The van der Waals surface area contributed by atoms with Crippen molar-refractivity contribution in [2.24, 2.45) is 9.98 Å². The van der Waals surface area contributed by atoms with Gasteiger partial charge in [-0.25, -0.2) is 4.99 Å². The number of rotatable bonds is 5. The lowest BCUT2D eigenvalue weighted by Gasteiger charge is -2.13. The van der Waals surface area contributed by atoms with Gasteiger partial charge in [0.25, 0.3) is 0 Å². The van der Waals surface area contributed by atoms with Crippen molar-refractivity contribution >= 4 is 28.8 Å². The van der Waals surface area contributed by atoms with E-state index in [1.165, 1.54) is 0 Å².